The van der Waals surface area contributed by atoms with Gasteiger partial charge in [0.25, 0.3) is 0 Å². The smallest absolute Gasteiger partial charge is 0.0437 e. The summed E-state index contributed by atoms with van der Waals surface area (Å²) < 4.78 is 0. The fourth-order valence-electron chi connectivity index (χ4n) is 2.68. The lowest BCUT2D eigenvalue weighted by Gasteiger charge is -2.32. The molecule has 22 heavy (non-hydrogen) atoms. The van der Waals surface area contributed by atoms with Crippen LogP contribution in [0.2, 0.25) is 0 Å². The van der Waals surface area contributed by atoms with Gasteiger partial charge >= 0.3 is 0 Å². The van der Waals surface area contributed by atoms with E-state index in [-0.39, 0.29) is 0 Å². The highest BCUT2D eigenvalue weighted by Gasteiger charge is 2.17. The first-order chi connectivity index (χ1) is 10.5. The van der Waals surface area contributed by atoms with E-state index in [1.54, 1.807) is 0 Å². The quantitative estimate of drug-likeness (QED) is 0.315. The molecular formula is C21H33N. The van der Waals surface area contributed by atoms with Crippen LogP contribution in [-0.4, -0.2) is 11.4 Å². The van der Waals surface area contributed by atoms with Crippen LogP contribution in [0.1, 0.15) is 53.4 Å². The van der Waals surface area contributed by atoms with Gasteiger partial charge in [0.2, 0.25) is 0 Å². The van der Waals surface area contributed by atoms with Crippen LogP contribution in [-0.2, 0) is 0 Å². The molecule has 122 valence electrons. The Labute approximate surface area is 138 Å². The van der Waals surface area contributed by atoms with Crippen molar-refractivity contribution < 1.29 is 0 Å². The summed E-state index contributed by atoms with van der Waals surface area (Å²) in [6.45, 7) is 21.4. The molecule has 0 aromatic rings. The second kappa shape index (κ2) is 11.9. The van der Waals surface area contributed by atoms with E-state index in [0.29, 0.717) is 5.92 Å². The monoisotopic (exact) mass is 299 g/mol. The molecule has 0 bridgehead atoms. The molecule has 0 unspecified atom stereocenters. The van der Waals surface area contributed by atoms with E-state index in [2.05, 4.69) is 64.1 Å². The molecule has 0 saturated heterocycles. The third kappa shape index (κ3) is 7.33. The van der Waals surface area contributed by atoms with Crippen LogP contribution in [0.4, 0.5) is 0 Å². The van der Waals surface area contributed by atoms with E-state index in [1.807, 2.05) is 18.2 Å². The molecule has 0 aliphatic rings. The van der Waals surface area contributed by atoms with Gasteiger partial charge in [-0.3, -0.25) is 0 Å². The van der Waals surface area contributed by atoms with Gasteiger partial charge in [-0.1, -0.05) is 52.5 Å². The van der Waals surface area contributed by atoms with Crippen LogP contribution in [0.25, 0.3) is 0 Å². The van der Waals surface area contributed by atoms with Gasteiger partial charge in [-0.15, -0.1) is 5.73 Å². The molecule has 0 spiro atoms. The maximum atomic E-state index is 4.18. The summed E-state index contributed by atoms with van der Waals surface area (Å²) in [6, 6.07) is 0. The van der Waals surface area contributed by atoms with E-state index in [0.717, 1.165) is 17.9 Å². The lowest BCUT2D eigenvalue weighted by Crippen LogP contribution is -2.28. The van der Waals surface area contributed by atoms with Crippen LogP contribution in [0.5, 0.6) is 0 Å². The van der Waals surface area contributed by atoms with Gasteiger partial charge in [-0.05, 0) is 56.4 Å². The highest BCUT2D eigenvalue weighted by atomic mass is 15.1. The summed E-state index contributed by atoms with van der Waals surface area (Å²) in [5, 5.41) is 0. The van der Waals surface area contributed by atoms with Crippen LogP contribution < -0.4 is 0 Å². The largest absolute Gasteiger partial charge is 0.346 e. The molecule has 0 amide bonds. The van der Waals surface area contributed by atoms with Crippen molar-refractivity contribution in [3.05, 3.63) is 66.7 Å². The van der Waals surface area contributed by atoms with E-state index >= 15 is 0 Å². The summed E-state index contributed by atoms with van der Waals surface area (Å²) in [4.78, 5) is 2.32. The Kier molecular flexibility index (Phi) is 11.0. The van der Waals surface area contributed by atoms with Crippen molar-refractivity contribution >= 4 is 0 Å². The zero-order valence-electron chi connectivity index (χ0n) is 15.0. The van der Waals surface area contributed by atoms with Gasteiger partial charge in [0.15, 0.2) is 0 Å². The van der Waals surface area contributed by atoms with Gasteiger partial charge in [0.1, 0.15) is 0 Å². The first-order valence-electron chi connectivity index (χ1n) is 8.30. The average Bonchev–Trinajstić information content (AvgIpc) is 2.48. The predicted octanol–water partition coefficient (Wildman–Crippen LogP) is 6.40. The van der Waals surface area contributed by atoms with Crippen molar-refractivity contribution in [2.45, 2.75) is 53.4 Å². The zero-order valence-corrected chi connectivity index (χ0v) is 15.0. The van der Waals surface area contributed by atoms with E-state index in [9.17, 15) is 0 Å². The lowest BCUT2D eigenvalue weighted by molar-refractivity contribution is 0.312. The van der Waals surface area contributed by atoms with Gasteiger partial charge in [-0.2, -0.15) is 0 Å². The van der Waals surface area contributed by atoms with Crippen LogP contribution in [0, 0.1) is 5.92 Å². The van der Waals surface area contributed by atoms with Crippen molar-refractivity contribution in [3.63, 3.8) is 0 Å². The van der Waals surface area contributed by atoms with Crippen molar-refractivity contribution in [1.29, 1.82) is 0 Å². The highest BCUT2D eigenvalue weighted by molar-refractivity contribution is 5.35. The molecule has 0 aromatic heterocycles. The number of hydrogen-bond acceptors (Lipinski definition) is 1. The number of rotatable bonds is 11. The molecule has 1 heteroatoms. The lowest BCUT2D eigenvalue weighted by atomic mass is 9.96. The minimum Gasteiger partial charge on any atom is -0.346 e. The standard InChI is InChI=1S/C21H33N/c1-8-12-16-19(7)21(15-11-4)22(18(5)6)17-20(13-9-2)14-10-3/h11-12,15-16,20H,1,4-5,9-10,13-14,17H2,2-3,6-7H3/b19-16-,21-15+. The molecule has 0 heterocycles. The Morgan fingerprint density at radius 2 is 1.73 bits per heavy atom. The summed E-state index contributed by atoms with van der Waals surface area (Å²) in [7, 11) is 0. The zero-order chi connectivity index (χ0) is 17.0. The molecule has 0 N–H and O–H groups in total. The molecule has 0 aliphatic heterocycles. The minimum atomic E-state index is 0.697. The van der Waals surface area contributed by atoms with Crippen LogP contribution in [0.3, 0.4) is 0 Å². The summed E-state index contributed by atoms with van der Waals surface area (Å²) >= 11 is 0. The van der Waals surface area contributed by atoms with Crippen molar-refractivity contribution in [3.8, 4) is 0 Å². The van der Waals surface area contributed by atoms with Crippen molar-refractivity contribution in [2.24, 2.45) is 5.92 Å². The molecule has 1 nitrogen and oxygen atoms in total. The van der Waals surface area contributed by atoms with Crippen molar-refractivity contribution in [2.75, 3.05) is 6.54 Å². The molecule has 0 aliphatic carbocycles. The Morgan fingerprint density at radius 1 is 1.14 bits per heavy atom. The SMILES string of the molecule is C=C=C/C=C(C)\C(=C/C=C)N(CC(CCC)CCC)C(=C)C. The maximum Gasteiger partial charge on any atom is 0.0437 e. The second-order valence-corrected chi connectivity index (χ2v) is 5.80. The van der Waals surface area contributed by atoms with E-state index < -0.39 is 0 Å². The van der Waals surface area contributed by atoms with Gasteiger partial charge in [0.05, 0.1) is 0 Å². The van der Waals surface area contributed by atoms with Gasteiger partial charge in [0, 0.05) is 17.9 Å². The molecule has 0 rings (SSSR count). The molecule has 0 radical (unpaired) electrons. The second-order valence-electron chi connectivity index (χ2n) is 5.80. The molecular weight excluding hydrogens is 266 g/mol. The molecule has 0 aromatic carbocycles. The number of hydrogen-bond donors (Lipinski definition) is 0. The first kappa shape index (κ1) is 20.3. The van der Waals surface area contributed by atoms with Gasteiger partial charge in [-0.25, -0.2) is 0 Å². The molecule has 0 atom stereocenters. The number of allylic oxidation sites excluding steroid dienone is 6. The normalized spacial score (nSPS) is 12.0. The topological polar surface area (TPSA) is 3.24 Å². The predicted molar refractivity (Wildman–Crippen MR) is 101 cm³/mol. The molecule has 0 saturated carbocycles. The summed E-state index contributed by atoms with van der Waals surface area (Å²) in [6.07, 6.45) is 12.8. The van der Waals surface area contributed by atoms with Crippen LogP contribution >= 0.6 is 0 Å². The number of nitrogens with zero attached hydrogens (tertiary/aromatic N) is 1. The van der Waals surface area contributed by atoms with E-state index in [1.165, 1.54) is 31.3 Å². The first-order valence-corrected chi connectivity index (χ1v) is 8.30. The Bertz CT molecular complexity index is 452. The molecule has 0 fully saturated rings. The van der Waals surface area contributed by atoms with Gasteiger partial charge < -0.3 is 4.90 Å². The third-order valence-corrected chi connectivity index (χ3v) is 3.72. The fourth-order valence-corrected chi connectivity index (χ4v) is 2.68. The highest BCUT2D eigenvalue weighted by Crippen LogP contribution is 2.24. The Morgan fingerprint density at radius 3 is 2.14 bits per heavy atom. The maximum absolute atomic E-state index is 4.18. The third-order valence-electron chi connectivity index (χ3n) is 3.72. The average molecular weight is 300 g/mol. The van der Waals surface area contributed by atoms with E-state index in [4.69, 9.17) is 0 Å². The Balaban J connectivity index is 5.47. The Hall–Kier alpha value is -1.72. The minimum absolute atomic E-state index is 0.697. The van der Waals surface area contributed by atoms with Crippen molar-refractivity contribution in [1.82, 2.24) is 4.90 Å². The van der Waals surface area contributed by atoms with Crippen LogP contribution in [0.15, 0.2) is 66.7 Å². The fraction of sp³-hybridized carbons (Fsp3) is 0.476. The summed E-state index contributed by atoms with van der Waals surface area (Å²) in [5.74, 6) is 0.697. The summed E-state index contributed by atoms with van der Waals surface area (Å²) in [5.41, 5.74) is 6.20.